The van der Waals surface area contributed by atoms with Gasteiger partial charge in [-0.3, -0.25) is 0 Å². The Hall–Kier alpha value is -0.710. The molecule has 2 nitrogen and oxygen atoms in total. The van der Waals surface area contributed by atoms with Gasteiger partial charge in [-0.15, -0.1) is 24.8 Å². The molecule has 0 spiro atoms. The van der Waals surface area contributed by atoms with Gasteiger partial charge in [-0.2, -0.15) is 0 Å². The number of rotatable bonds is 4. The highest BCUT2D eigenvalue weighted by Gasteiger charge is 2.41. The van der Waals surface area contributed by atoms with Crippen molar-refractivity contribution < 1.29 is 0 Å². The highest BCUT2D eigenvalue weighted by molar-refractivity contribution is 7.99. The molecule has 0 fully saturated rings. The van der Waals surface area contributed by atoms with Gasteiger partial charge in [0.05, 0.1) is 0 Å². The number of fused-ring (bicyclic) bond motifs is 2. The van der Waals surface area contributed by atoms with Gasteiger partial charge in [0.25, 0.3) is 0 Å². The molecule has 0 amide bonds. The van der Waals surface area contributed by atoms with Gasteiger partial charge in [-0.25, -0.2) is 0 Å². The monoisotopic (exact) mass is 384 g/mol. The lowest BCUT2D eigenvalue weighted by Crippen LogP contribution is -2.47. The van der Waals surface area contributed by atoms with Crippen LogP contribution in [0.15, 0.2) is 58.3 Å². The van der Waals surface area contributed by atoms with Crippen LogP contribution in [-0.2, 0) is 5.41 Å². The molecule has 0 atom stereocenters. The minimum atomic E-state index is 0. The predicted molar refractivity (Wildman–Crippen MR) is 109 cm³/mol. The number of likely N-dealkylation sites (N-methyl/N-ethyl adjacent to an activating group) is 2. The average Bonchev–Trinajstić information content (AvgIpc) is 2.46. The minimum Gasteiger partial charge on any atom is -0.308 e. The molecule has 132 valence electrons. The van der Waals surface area contributed by atoms with Crippen molar-refractivity contribution in [2.24, 2.45) is 0 Å². The van der Waals surface area contributed by atoms with Crippen LogP contribution in [-0.4, -0.2) is 51.1 Å². The Balaban J connectivity index is 0.00000144. The fourth-order valence-corrected chi connectivity index (χ4v) is 4.91. The maximum Gasteiger partial charge on any atom is 0.0478 e. The molecular weight excluding hydrogens is 359 g/mol. The van der Waals surface area contributed by atoms with E-state index in [0.29, 0.717) is 0 Å². The molecule has 3 rings (SSSR count). The van der Waals surface area contributed by atoms with Crippen LogP contribution in [0.2, 0.25) is 0 Å². The summed E-state index contributed by atoms with van der Waals surface area (Å²) in [6, 6.07) is 17.8. The van der Waals surface area contributed by atoms with Crippen LogP contribution in [0.25, 0.3) is 0 Å². The first-order valence-corrected chi connectivity index (χ1v) is 8.51. The molecule has 2 aromatic carbocycles. The van der Waals surface area contributed by atoms with Crippen LogP contribution in [0.4, 0.5) is 0 Å². The van der Waals surface area contributed by atoms with E-state index in [9.17, 15) is 0 Å². The lowest BCUT2D eigenvalue weighted by atomic mass is 9.73. The number of hydrogen-bond donors (Lipinski definition) is 0. The maximum atomic E-state index is 2.31. The van der Waals surface area contributed by atoms with Crippen molar-refractivity contribution in [3.05, 3.63) is 59.7 Å². The largest absolute Gasteiger partial charge is 0.308 e. The number of hydrogen-bond acceptors (Lipinski definition) is 3. The second-order valence-electron chi connectivity index (χ2n) is 6.65. The lowest BCUT2D eigenvalue weighted by molar-refractivity contribution is 0.244. The van der Waals surface area contributed by atoms with E-state index in [1.54, 1.807) is 0 Å². The van der Waals surface area contributed by atoms with E-state index in [0.717, 1.165) is 13.1 Å². The zero-order chi connectivity index (χ0) is 15.7. The van der Waals surface area contributed by atoms with E-state index in [4.69, 9.17) is 0 Å². The van der Waals surface area contributed by atoms with Gasteiger partial charge in [-0.05, 0) is 51.5 Å². The summed E-state index contributed by atoms with van der Waals surface area (Å²) in [5, 5.41) is 0. The van der Waals surface area contributed by atoms with Crippen molar-refractivity contribution in [2.75, 3.05) is 41.3 Å². The summed E-state index contributed by atoms with van der Waals surface area (Å²) in [5.74, 6) is 0. The van der Waals surface area contributed by atoms with Gasteiger partial charge >= 0.3 is 0 Å². The summed E-state index contributed by atoms with van der Waals surface area (Å²) < 4.78 is 0. The number of benzene rings is 2. The summed E-state index contributed by atoms with van der Waals surface area (Å²) in [5.41, 5.74) is 2.94. The maximum absolute atomic E-state index is 2.31. The first kappa shape index (κ1) is 21.3. The standard InChI is InChI=1S/C19H24N2S.2ClH/c1-20(2)13-19(14-21(3)4)15-9-5-7-11-17(15)22-18-12-8-6-10-16(18)19;;/h5-12H,13-14H2,1-4H3;2*1H. The highest BCUT2D eigenvalue weighted by atomic mass is 35.5. The van der Waals surface area contributed by atoms with Gasteiger partial charge in [-0.1, -0.05) is 48.2 Å². The molecule has 0 unspecified atom stereocenters. The fraction of sp³-hybridized carbons (Fsp3) is 0.368. The van der Waals surface area contributed by atoms with Crippen LogP contribution in [0.5, 0.6) is 0 Å². The van der Waals surface area contributed by atoms with Crippen molar-refractivity contribution >= 4 is 36.6 Å². The molecule has 0 N–H and O–H groups in total. The molecule has 1 heterocycles. The van der Waals surface area contributed by atoms with Gasteiger partial charge < -0.3 is 9.80 Å². The number of nitrogens with zero attached hydrogens (tertiary/aromatic N) is 2. The SMILES string of the molecule is CN(C)CC1(CN(C)C)c2ccccc2Sc2ccccc21.Cl.Cl. The molecule has 1 aliphatic rings. The Labute approximate surface area is 162 Å². The molecule has 24 heavy (non-hydrogen) atoms. The van der Waals surface area contributed by atoms with Crippen LogP contribution in [0.1, 0.15) is 11.1 Å². The molecule has 0 radical (unpaired) electrons. The van der Waals surface area contributed by atoms with Gasteiger partial charge in [0.1, 0.15) is 0 Å². The number of halogens is 2. The molecule has 1 aliphatic heterocycles. The van der Waals surface area contributed by atoms with Gasteiger partial charge in [0.15, 0.2) is 0 Å². The van der Waals surface area contributed by atoms with Crippen LogP contribution in [0.3, 0.4) is 0 Å². The van der Waals surface area contributed by atoms with Crippen LogP contribution >= 0.6 is 36.6 Å². The van der Waals surface area contributed by atoms with Crippen molar-refractivity contribution in [1.29, 1.82) is 0 Å². The second-order valence-corrected chi connectivity index (χ2v) is 7.74. The zero-order valence-corrected chi connectivity index (χ0v) is 17.1. The molecule has 5 heteroatoms. The summed E-state index contributed by atoms with van der Waals surface area (Å²) in [4.78, 5) is 7.41. The molecule has 0 aromatic heterocycles. The summed E-state index contributed by atoms with van der Waals surface area (Å²) in [7, 11) is 8.68. The lowest BCUT2D eigenvalue weighted by Gasteiger charge is -2.43. The third-order valence-electron chi connectivity index (χ3n) is 4.20. The average molecular weight is 385 g/mol. The van der Waals surface area contributed by atoms with Gasteiger partial charge in [0.2, 0.25) is 0 Å². The van der Waals surface area contributed by atoms with E-state index < -0.39 is 0 Å². The quantitative estimate of drug-likeness (QED) is 0.770. The molecule has 0 bridgehead atoms. The zero-order valence-electron chi connectivity index (χ0n) is 14.7. The van der Waals surface area contributed by atoms with Crippen molar-refractivity contribution in [1.82, 2.24) is 9.80 Å². The van der Waals surface area contributed by atoms with E-state index in [-0.39, 0.29) is 30.2 Å². The third-order valence-corrected chi connectivity index (χ3v) is 5.35. The Morgan fingerprint density at radius 1 is 0.708 bits per heavy atom. The summed E-state index contributed by atoms with van der Waals surface area (Å²) in [6.07, 6.45) is 0. The minimum absolute atomic E-state index is 0. The fourth-order valence-electron chi connectivity index (χ4n) is 3.64. The first-order valence-electron chi connectivity index (χ1n) is 7.69. The molecule has 0 aliphatic carbocycles. The van der Waals surface area contributed by atoms with Gasteiger partial charge in [0, 0.05) is 28.3 Å². The predicted octanol–water partition coefficient (Wildman–Crippen LogP) is 4.40. The van der Waals surface area contributed by atoms with E-state index in [1.165, 1.54) is 20.9 Å². The highest BCUT2D eigenvalue weighted by Crippen LogP contribution is 2.49. The van der Waals surface area contributed by atoms with Crippen molar-refractivity contribution in [3.63, 3.8) is 0 Å². The van der Waals surface area contributed by atoms with Crippen molar-refractivity contribution in [2.45, 2.75) is 15.2 Å². The Morgan fingerprint density at radius 2 is 1.08 bits per heavy atom. The van der Waals surface area contributed by atoms with E-state index in [2.05, 4.69) is 86.5 Å². The van der Waals surface area contributed by atoms with Crippen molar-refractivity contribution in [3.8, 4) is 0 Å². The molecular formula is C19H26Cl2N2S. The Bertz CT molecular complexity index is 616. The molecule has 0 saturated heterocycles. The Morgan fingerprint density at radius 3 is 1.46 bits per heavy atom. The van der Waals surface area contributed by atoms with Crippen LogP contribution in [0, 0.1) is 0 Å². The van der Waals surface area contributed by atoms with E-state index in [1.807, 2.05) is 11.8 Å². The van der Waals surface area contributed by atoms with E-state index >= 15 is 0 Å². The summed E-state index contributed by atoms with van der Waals surface area (Å²) >= 11 is 1.90. The molecule has 0 saturated carbocycles. The second kappa shape index (κ2) is 8.59. The normalized spacial score (nSPS) is 14.4. The first-order chi connectivity index (χ1) is 10.5. The smallest absolute Gasteiger partial charge is 0.0478 e. The topological polar surface area (TPSA) is 6.48 Å². The Kier molecular flexibility index (Phi) is 7.64. The third kappa shape index (κ3) is 3.92. The summed E-state index contributed by atoms with van der Waals surface area (Å²) in [6.45, 7) is 2.03. The van der Waals surface area contributed by atoms with Crippen LogP contribution < -0.4 is 0 Å². The molecule has 2 aromatic rings.